The molecule has 2 aliphatic heterocycles. The summed E-state index contributed by atoms with van der Waals surface area (Å²) in [6.45, 7) is 7.49. The van der Waals surface area contributed by atoms with Crippen LogP contribution in [0.5, 0.6) is 0 Å². The highest BCUT2D eigenvalue weighted by atomic mass is 35.5. The van der Waals surface area contributed by atoms with Crippen LogP contribution in [0.1, 0.15) is 54.0 Å². The molecule has 0 spiro atoms. The number of aromatic nitrogens is 3. The van der Waals surface area contributed by atoms with Crippen molar-refractivity contribution in [2.75, 3.05) is 43.4 Å². The van der Waals surface area contributed by atoms with Gasteiger partial charge in [-0.05, 0) is 38.3 Å². The maximum Gasteiger partial charge on any atom is 0.272 e. The molecule has 0 aliphatic carbocycles. The Morgan fingerprint density at radius 1 is 1.16 bits per heavy atom. The third kappa shape index (κ3) is 6.23. The predicted molar refractivity (Wildman–Crippen MR) is 144 cm³/mol. The highest BCUT2D eigenvalue weighted by Gasteiger charge is 2.35. The van der Waals surface area contributed by atoms with Crippen molar-refractivity contribution in [3.63, 3.8) is 0 Å². The third-order valence-electron chi connectivity index (χ3n) is 6.94. The number of pyridine rings is 1. The van der Waals surface area contributed by atoms with Gasteiger partial charge in [0.1, 0.15) is 16.7 Å². The van der Waals surface area contributed by atoms with E-state index in [-0.39, 0.29) is 27.7 Å². The van der Waals surface area contributed by atoms with Crippen molar-refractivity contribution in [1.29, 1.82) is 0 Å². The van der Waals surface area contributed by atoms with Crippen molar-refractivity contribution in [1.82, 2.24) is 30.1 Å². The predicted octanol–water partition coefficient (Wildman–Crippen LogP) is 2.00. The van der Waals surface area contributed by atoms with Gasteiger partial charge in [-0.2, -0.15) is 0 Å². The third-order valence-corrected chi connectivity index (χ3v) is 7.41. The molecule has 2 atom stereocenters. The molecule has 37 heavy (non-hydrogen) atoms. The molecule has 0 saturated carbocycles. The van der Waals surface area contributed by atoms with Gasteiger partial charge in [0.2, 0.25) is 0 Å². The van der Waals surface area contributed by atoms with E-state index in [2.05, 4.69) is 37.0 Å². The van der Waals surface area contributed by atoms with Gasteiger partial charge in [0.05, 0.1) is 17.9 Å². The van der Waals surface area contributed by atoms with E-state index >= 15 is 0 Å². The first kappa shape index (κ1) is 27.3. The minimum absolute atomic E-state index is 0.108. The van der Waals surface area contributed by atoms with Gasteiger partial charge in [-0.15, -0.1) is 0 Å². The summed E-state index contributed by atoms with van der Waals surface area (Å²) < 4.78 is 0. The summed E-state index contributed by atoms with van der Waals surface area (Å²) in [5, 5.41) is 3.05. The summed E-state index contributed by atoms with van der Waals surface area (Å²) in [5.41, 5.74) is 12.1. The van der Waals surface area contributed by atoms with Crippen molar-refractivity contribution in [2.24, 2.45) is 5.73 Å². The molecule has 5 N–H and O–H groups in total. The Labute approximate surface area is 226 Å². The molecule has 2 saturated heterocycles. The smallest absolute Gasteiger partial charge is 0.272 e. The second kappa shape index (κ2) is 11.8. The number of hydrogen-bond donors (Lipinski definition) is 3. The van der Waals surface area contributed by atoms with Crippen molar-refractivity contribution in [3.05, 3.63) is 39.9 Å². The van der Waals surface area contributed by atoms with Crippen molar-refractivity contribution in [2.45, 2.75) is 51.4 Å². The number of amides is 2. The normalized spacial score (nSPS) is 20.1. The zero-order valence-corrected chi connectivity index (χ0v) is 22.5. The lowest BCUT2D eigenvalue weighted by Gasteiger charge is -2.47. The van der Waals surface area contributed by atoms with E-state index in [1.165, 1.54) is 6.20 Å². The maximum atomic E-state index is 13.0. The second-order valence-corrected chi connectivity index (χ2v) is 10.2. The van der Waals surface area contributed by atoms with Gasteiger partial charge in [-0.1, -0.05) is 30.1 Å². The number of nitrogens with two attached hydrogens (primary N) is 2. The standard InChI is InChI=1S/C24H33Cl2N9O2/c1-3-15-13-34(22-20(26)31-18(12-29-22)23(36)30-14(2)27)10-11-35(15)16-6-8-33(9-7-16)24(37)17-4-5-19(25)32-21(17)28/h4-5,12,14-16H,3,6-11,13,27H2,1-2H3,(H2,28,32)(H,30,36)/t14?,15-/m0/s1. The van der Waals surface area contributed by atoms with Gasteiger partial charge < -0.3 is 26.6 Å². The van der Waals surface area contributed by atoms with Crippen molar-refractivity contribution < 1.29 is 9.59 Å². The average Bonchev–Trinajstić information content (AvgIpc) is 2.87. The number of nitrogen functional groups attached to an aromatic ring is 1. The molecule has 1 unspecified atom stereocenters. The Morgan fingerprint density at radius 2 is 1.89 bits per heavy atom. The first-order chi connectivity index (χ1) is 17.7. The van der Waals surface area contributed by atoms with E-state index in [0.717, 1.165) is 38.9 Å². The molecule has 13 heteroatoms. The summed E-state index contributed by atoms with van der Waals surface area (Å²) in [7, 11) is 0. The van der Waals surface area contributed by atoms with Gasteiger partial charge in [0.25, 0.3) is 11.8 Å². The zero-order valence-electron chi connectivity index (χ0n) is 21.0. The topological polar surface area (TPSA) is 147 Å². The molecule has 0 radical (unpaired) electrons. The number of piperazine rings is 1. The van der Waals surface area contributed by atoms with Gasteiger partial charge >= 0.3 is 0 Å². The van der Waals surface area contributed by atoms with Crippen molar-refractivity contribution >= 4 is 46.7 Å². The van der Waals surface area contributed by atoms with Crippen LogP contribution in [-0.4, -0.2) is 87.5 Å². The van der Waals surface area contributed by atoms with E-state index in [4.69, 9.17) is 34.7 Å². The minimum atomic E-state index is -0.497. The van der Waals surface area contributed by atoms with Crippen molar-refractivity contribution in [3.8, 4) is 0 Å². The van der Waals surface area contributed by atoms with E-state index in [1.807, 2.05) is 4.90 Å². The van der Waals surface area contributed by atoms with E-state index in [0.29, 0.717) is 36.6 Å². The molecule has 4 rings (SSSR count). The Morgan fingerprint density at radius 3 is 2.51 bits per heavy atom. The second-order valence-electron chi connectivity index (χ2n) is 9.47. The number of nitrogens with zero attached hydrogens (tertiary/aromatic N) is 6. The van der Waals surface area contributed by atoms with Crippen LogP contribution in [0.25, 0.3) is 0 Å². The number of likely N-dealkylation sites (tertiary alicyclic amines) is 1. The Hall–Kier alpha value is -2.73. The molecule has 2 amide bonds. The van der Waals surface area contributed by atoms with Crippen LogP contribution in [0, 0.1) is 0 Å². The molecule has 2 aliphatic rings. The molecule has 11 nitrogen and oxygen atoms in total. The number of piperidine rings is 1. The maximum absolute atomic E-state index is 13.0. The quantitative estimate of drug-likeness (QED) is 0.363. The lowest BCUT2D eigenvalue weighted by molar-refractivity contribution is 0.0491. The number of nitrogens with one attached hydrogen (secondary N) is 1. The monoisotopic (exact) mass is 549 g/mol. The summed E-state index contributed by atoms with van der Waals surface area (Å²) in [4.78, 5) is 44.4. The SMILES string of the molecule is CC[C@H]1CN(c2ncc(C(=O)NC(C)N)nc2Cl)CCN1C1CCN(C(=O)c2ccc(Cl)nc2N)CC1. The van der Waals surface area contributed by atoms with Gasteiger partial charge in [0.15, 0.2) is 11.0 Å². The van der Waals surface area contributed by atoms with E-state index < -0.39 is 12.1 Å². The van der Waals surface area contributed by atoms with Crippen LogP contribution in [0.4, 0.5) is 11.6 Å². The molecule has 2 aromatic heterocycles. The highest BCUT2D eigenvalue weighted by molar-refractivity contribution is 6.32. The molecule has 200 valence electrons. The summed E-state index contributed by atoms with van der Waals surface area (Å²) in [5.74, 6) is 0.216. The minimum Gasteiger partial charge on any atom is -0.383 e. The molecule has 0 aromatic carbocycles. The molecular weight excluding hydrogens is 517 g/mol. The molecule has 2 aromatic rings. The zero-order chi connectivity index (χ0) is 26.7. The van der Waals surface area contributed by atoms with E-state index in [1.54, 1.807) is 19.1 Å². The van der Waals surface area contributed by atoms with Crippen LogP contribution >= 0.6 is 23.2 Å². The molecular formula is C24H33Cl2N9O2. The summed E-state index contributed by atoms with van der Waals surface area (Å²) in [6, 6.07) is 3.90. The fourth-order valence-corrected chi connectivity index (χ4v) is 5.48. The van der Waals surface area contributed by atoms with Crippen LogP contribution in [-0.2, 0) is 0 Å². The lowest BCUT2D eigenvalue weighted by atomic mass is 9.97. The fraction of sp³-hybridized carbons (Fsp3) is 0.542. The number of anilines is 2. The largest absolute Gasteiger partial charge is 0.383 e. The number of rotatable bonds is 6. The van der Waals surface area contributed by atoms with Crippen LogP contribution in [0.15, 0.2) is 18.3 Å². The number of carbonyl (C=O) groups excluding carboxylic acids is 2. The average molecular weight is 550 g/mol. The Kier molecular flexibility index (Phi) is 8.68. The van der Waals surface area contributed by atoms with Crippen LogP contribution in [0.3, 0.4) is 0 Å². The lowest BCUT2D eigenvalue weighted by Crippen LogP contribution is -2.58. The Balaban J connectivity index is 1.36. The Bertz CT molecular complexity index is 1140. The van der Waals surface area contributed by atoms with Gasteiger partial charge in [-0.3, -0.25) is 14.5 Å². The number of carbonyl (C=O) groups is 2. The number of halogens is 2. The first-order valence-electron chi connectivity index (χ1n) is 12.5. The number of hydrogen-bond acceptors (Lipinski definition) is 9. The van der Waals surface area contributed by atoms with Crippen LogP contribution < -0.4 is 21.7 Å². The van der Waals surface area contributed by atoms with Gasteiger partial charge in [-0.25, -0.2) is 15.0 Å². The fourth-order valence-electron chi connectivity index (χ4n) is 5.07. The first-order valence-corrected chi connectivity index (χ1v) is 13.2. The van der Waals surface area contributed by atoms with Crippen LogP contribution in [0.2, 0.25) is 10.3 Å². The summed E-state index contributed by atoms with van der Waals surface area (Å²) >= 11 is 12.3. The molecule has 2 fully saturated rings. The highest BCUT2D eigenvalue weighted by Crippen LogP contribution is 2.29. The molecule has 4 heterocycles. The van der Waals surface area contributed by atoms with Gasteiger partial charge in [0, 0.05) is 44.8 Å². The summed E-state index contributed by atoms with van der Waals surface area (Å²) in [6.07, 6.45) is 3.66. The van der Waals surface area contributed by atoms with E-state index in [9.17, 15) is 9.59 Å². The molecule has 0 bridgehead atoms.